The first-order chi connectivity index (χ1) is 15.0. The number of hydrogen-bond acceptors (Lipinski definition) is 3. The van der Waals surface area contributed by atoms with Crippen LogP contribution in [0.5, 0.6) is 0 Å². The van der Waals surface area contributed by atoms with Crippen molar-refractivity contribution < 1.29 is 9.18 Å². The lowest BCUT2D eigenvalue weighted by molar-refractivity contribution is 0.0993. The Hall–Kier alpha value is -3.02. The first-order valence-corrected chi connectivity index (χ1v) is 10.7. The van der Waals surface area contributed by atoms with Crippen molar-refractivity contribution in [2.24, 2.45) is 0 Å². The predicted octanol–water partition coefficient (Wildman–Crippen LogP) is 4.56. The molecule has 0 aliphatic carbocycles. The molecular weight excluding hydrogens is 389 g/mol. The molecule has 31 heavy (non-hydrogen) atoms. The number of halogens is 1. The van der Waals surface area contributed by atoms with Gasteiger partial charge in [-0.1, -0.05) is 36.4 Å². The van der Waals surface area contributed by atoms with Crippen molar-refractivity contribution in [3.63, 3.8) is 0 Å². The summed E-state index contributed by atoms with van der Waals surface area (Å²) in [7, 11) is 1.79. The van der Waals surface area contributed by atoms with E-state index in [4.69, 9.17) is 0 Å². The Morgan fingerprint density at radius 3 is 2.52 bits per heavy atom. The summed E-state index contributed by atoms with van der Waals surface area (Å²) in [5.41, 5.74) is 4.47. The lowest BCUT2D eigenvalue weighted by atomic mass is 10.0. The maximum atomic E-state index is 13.2. The van der Waals surface area contributed by atoms with Crippen LogP contribution in [0.4, 0.5) is 10.1 Å². The number of anilines is 1. The van der Waals surface area contributed by atoms with Crippen LogP contribution in [-0.4, -0.2) is 43.5 Å². The quantitative estimate of drug-likeness (QED) is 0.661. The first kappa shape index (κ1) is 21.2. The summed E-state index contributed by atoms with van der Waals surface area (Å²) >= 11 is 0. The van der Waals surface area contributed by atoms with Gasteiger partial charge in [0.15, 0.2) is 0 Å². The molecule has 160 valence electrons. The molecule has 1 fully saturated rings. The van der Waals surface area contributed by atoms with Crippen LogP contribution in [0.3, 0.4) is 0 Å². The molecule has 0 unspecified atom stereocenters. The number of nitrogens with one attached hydrogen (secondary N) is 1. The molecule has 3 aromatic carbocycles. The smallest absolute Gasteiger partial charge is 0.258 e. The fourth-order valence-corrected chi connectivity index (χ4v) is 4.02. The van der Waals surface area contributed by atoms with Crippen molar-refractivity contribution in [2.75, 3.05) is 31.6 Å². The number of carbonyl (C=O) groups excluding carboxylic acids is 1. The van der Waals surface area contributed by atoms with E-state index >= 15 is 0 Å². The molecule has 4 rings (SSSR count). The molecule has 1 N–H and O–H groups in total. The third-order valence-corrected chi connectivity index (χ3v) is 5.77. The molecule has 0 radical (unpaired) electrons. The number of carbonyl (C=O) groups is 1. The molecule has 5 heteroatoms. The molecule has 1 saturated heterocycles. The van der Waals surface area contributed by atoms with E-state index in [-0.39, 0.29) is 11.7 Å². The van der Waals surface area contributed by atoms with Gasteiger partial charge in [-0.15, -0.1) is 0 Å². The summed E-state index contributed by atoms with van der Waals surface area (Å²) in [6, 6.07) is 22.5. The molecule has 1 amide bonds. The largest absolute Gasteiger partial charge is 0.312 e. The van der Waals surface area contributed by atoms with Gasteiger partial charge < -0.3 is 10.2 Å². The van der Waals surface area contributed by atoms with Gasteiger partial charge in [0.2, 0.25) is 0 Å². The van der Waals surface area contributed by atoms with E-state index in [9.17, 15) is 9.18 Å². The standard InChI is InChI=1S/C26H28FN3O/c1-19-17-30(15-14-28-19)18-20-6-12-25(13-7-20)29(2)26(31)23-5-3-4-22(16-23)21-8-10-24(27)11-9-21/h3-13,16,19,28H,14-15,17-18H2,1-2H3/t19-/m1/s1. The highest BCUT2D eigenvalue weighted by atomic mass is 19.1. The number of amides is 1. The minimum atomic E-state index is -0.273. The summed E-state index contributed by atoms with van der Waals surface area (Å²) in [5, 5.41) is 3.46. The van der Waals surface area contributed by atoms with Crippen LogP contribution in [0.1, 0.15) is 22.8 Å². The Kier molecular flexibility index (Phi) is 6.44. The summed E-state index contributed by atoms with van der Waals surface area (Å²) in [6.45, 7) is 6.25. The van der Waals surface area contributed by atoms with Gasteiger partial charge in [0.1, 0.15) is 5.82 Å². The van der Waals surface area contributed by atoms with Gasteiger partial charge in [-0.25, -0.2) is 4.39 Å². The topological polar surface area (TPSA) is 35.6 Å². The molecular formula is C26H28FN3O. The van der Waals surface area contributed by atoms with Crippen LogP contribution in [0.15, 0.2) is 72.8 Å². The van der Waals surface area contributed by atoms with Gasteiger partial charge in [-0.2, -0.15) is 0 Å². The number of nitrogens with zero attached hydrogens (tertiary/aromatic N) is 2. The molecule has 0 bridgehead atoms. The van der Waals surface area contributed by atoms with E-state index in [1.807, 2.05) is 36.4 Å². The Morgan fingerprint density at radius 2 is 1.81 bits per heavy atom. The SMILES string of the molecule is C[C@@H]1CN(Cc2ccc(N(C)C(=O)c3cccc(-c4ccc(F)cc4)c3)cc2)CCN1. The Bertz CT molecular complexity index is 1030. The Labute approximate surface area is 183 Å². The van der Waals surface area contributed by atoms with Crippen molar-refractivity contribution in [3.05, 3.63) is 89.7 Å². The maximum absolute atomic E-state index is 13.2. The number of piperazine rings is 1. The number of rotatable bonds is 5. The molecule has 1 aliphatic heterocycles. The van der Waals surface area contributed by atoms with Gasteiger partial charge in [-0.05, 0) is 60.0 Å². The van der Waals surface area contributed by atoms with Gasteiger partial charge >= 0.3 is 0 Å². The normalized spacial score (nSPS) is 16.8. The van der Waals surface area contributed by atoms with Crippen molar-refractivity contribution in [1.29, 1.82) is 0 Å². The first-order valence-electron chi connectivity index (χ1n) is 10.7. The Morgan fingerprint density at radius 1 is 1.06 bits per heavy atom. The summed E-state index contributed by atoms with van der Waals surface area (Å²) < 4.78 is 13.2. The van der Waals surface area contributed by atoms with Crippen molar-refractivity contribution in [1.82, 2.24) is 10.2 Å². The molecule has 1 atom stereocenters. The van der Waals surface area contributed by atoms with Gasteiger partial charge in [0, 0.05) is 50.5 Å². The molecule has 0 spiro atoms. The predicted molar refractivity (Wildman–Crippen MR) is 124 cm³/mol. The van der Waals surface area contributed by atoms with Crippen LogP contribution in [0.25, 0.3) is 11.1 Å². The van der Waals surface area contributed by atoms with Crippen molar-refractivity contribution in [2.45, 2.75) is 19.5 Å². The zero-order valence-corrected chi connectivity index (χ0v) is 18.0. The monoisotopic (exact) mass is 417 g/mol. The third kappa shape index (κ3) is 5.19. The molecule has 0 saturated carbocycles. The summed E-state index contributed by atoms with van der Waals surface area (Å²) in [4.78, 5) is 17.2. The highest BCUT2D eigenvalue weighted by Gasteiger charge is 2.17. The van der Waals surface area contributed by atoms with Gasteiger partial charge in [0.25, 0.3) is 5.91 Å². The second-order valence-corrected chi connectivity index (χ2v) is 8.21. The van der Waals surface area contributed by atoms with Crippen LogP contribution >= 0.6 is 0 Å². The fourth-order valence-electron chi connectivity index (χ4n) is 4.02. The van der Waals surface area contributed by atoms with Gasteiger partial charge in [-0.3, -0.25) is 9.69 Å². The second-order valence-electron chi connectivity index (χ2n) is 8.21. The van der Waals surface area contributed by atoms with E-state index in [1.165, 1.54) is 17.7 Å². The zero-order chi connectivity index (χ0) is 21.8. The summed E-state index contributed by atoms with van der Waals surface area (Å²) in [6.07, 6.45) is 0. The zero-order valence-electron chi connectivity index (χ0n) is 18.0. The summed E-state index contributed by atoms with van der Waals surface area (Å²) in [5.74, 6) is -0.349. The average Bonchev–Trinajstić information content (AvgIpc) is 2.79. The third-order valence-electron chi connectivity index (χ3n) is 5.77. The fraction of sp³-hybridized carbons (Fsp3) is 0.269. The van der Waals surface area contributed by atoms with E-state index in [2.05, 4.69) is 29.3 Å². The Balaban J connectivity index is 1.45. The van der Waals surface area contributed by atoms with Crippen molar-refractivity contribution in [3.8, 4) is 11.1 Å². The van der Waals surface area contributed by atoms with Gasteiger partial charge in [0.05, 0.1) is 0 Å². The second kappa shape index (κ2) is 9.41. The molecule has 0 aromatic heterocycles. The van der Waals surface area contributed by atoms with E-state index in [1.54, 1.807) is 24.1 Å². The van der Waals surface area contributed by atoms with Crippen molar-refractivity contribution >= 4 is 11.6 Å². The lowest BCUT2D eigenvalue weighted by Crippen LogP contribution is -2.48. The molecule has 1 aliphatic rings. The highest BCUT2D eigenvalue weighted by Crippen LogP contribution is 2.23. The minimum absolute atomic E-state index is 0.0763. The van der Waals surface area contributed by atoms with Crippen LogP contribution < -0.4 is 10.2 Å². The van der Waals surface area contributed by atoms with E-state index < -0.39 is 0 Å². The van der Waals surface area contributed by atoms with E-state index in [0.717, 1.165) is 43.0 Å². The van der Waals surface area contributed by atoms with Crippen LogP contribution in [0, 0.1) is 5.82 Å². The van der Waals surface area contributed by atoms with Crippen LogP contribution in [0.2, 0.25) is 0 Å². The highest BCUT2D eigenvalue weighted by molar-refractivity contribution is 6.06. The minimum Gasteiger partial charge on any atom is -0.312 e. The molecule has 1 heterocycles. The van der Waals surface area contributed by atoms with E-state index in [0.29, 0.717) is 11.6 Å². The lowest BCUT2D eigenvalue weighted by Gasteiger charge is -2.31. The average molecular weight is 418 g/mol. The number of hydrogen-bond donors (Lipinski definition) is 1. The molecule has 3 aromatic rings. The van der Waals surface area contributed by atoms with Crippen LogP contribution in [-0.2, 0) is 6.54 Å². The maximum Gasteiger partial charge on any atom is 0.258 e. The number of benzene rings is 3. The molecule has 4 nitrogen and oxygen atoms in total.